The highest BCUT2D eigenvalue weighted by atomic mass is 79.9. The molecule has 0 aliphatic heterocycles. The Morgan fingerprint density at radius 2 is 2.27 bits per heavy atom. The highest BCUT2D eigenvalue weighted by molar-refractivity contribution is 9.10. The molecule has 0 fully saturated rings. The van der Waals surface area contributed by atoms with E-state index < -0.39 is 0 Å². The van der Waals surface area contributed by atoms with Gasteiger partial charge in [-0.05, 0) is 40.0 Å². The van der Waals surface area contributed by atoms with Crippen LogP contribution in [0.2, 0.25) is 5.28 Å². The fraction of sp³-hybridized carbons (Fsp3) is 0.429. The molecule has 1 rings (SSSR count). The van der Waals surface area contributed by atoms with Gasteiger partial charge in [-0.25, -0.2) is 9.97 Å². The van der Waals surface area contributed by atoms with Crippen molar-refractivity contribution in [2.24, 2.45) is 0 Å². The zero-order valence-electron chi connectivity index (χ0n) is 6.14. The van der Waals surface area contributed by atoms with Crippen molar-refractivity contribution in [3.05, 3.63) is 21.6 Å². The molecule has 0 spiro atoms. The average molecular weight is 236 g/mol. The van der Waals surface area contributed by atoms with Gasteiger partial charge in [0.2, 0.25) is 5.28 Å². The molecular weight excluding hydrogens is 227 g/mol. The molecule has 0 bridgehead atoms. The van der Waals surface area contributed by atoms with Crippen LogP contribution in [0.15, 0.2) is 10.7 Å². The van der Waals surface area contributed by atoms with Crippen molar-refractivity contribution in [2.75, 3.05) is 0 Å². The van der Waals surface area contributed by atoms with Gasteiger partial charge in [-0.15, -0.1) is 0 Å². The van der Waals surface area contributed by atoms with Crippen molar-refractivity contribution < 1.29 is 0 Å². The molecule has 0 unspecified atom stereocenters. The third kappa shape index (κ3) is 2.75. The summed E-state index contributed by atoms with van der Waals surface area (Å²) in [6.45, 7) is 2.10. The van der Waals surface area contributed by atoms with Crippen LogP contribution in [0.25, 0.3) is 0 Å². The van der Waals surface area contributed by atoms with Gasteiger partial charge in [0.25, 0.3) is 0 Å². The van der Waals surface area contributed by atoms with Crippen LogP contribution in [-0.4, -0.2) is 9.97 Å². The second kappa shape index (κ2) is 4.02. The highest BCUT2D eigenvalue weighted by Crippen LogP contribution is 2.12. The lowest BCUT2D eigenvalue weighted by molar-refractivity contribution is 0.869. The molecule has 0 radical (unpaired) electrons. The topological polar surface area (TPSA) is 25.8 Å². The highest BCUT2D eigenvalue weighted by Gasteiger charge is 1.98. The third-order valence-electron chi connectivity index (χ3n) is 1.23. The molecule has 0 atom stereocenters. The number of rotatable bonds is 2. The molecule has 0 N–H and O–H groups in total. The smallest absolute Gasteiger partial charge is 0.223 e. The first kappa shape index (κ1) is 8.94. The molecule has 0 amide bonds. The van der Waals surface area contributed by atoms with Crippen LogP contribution in [0.4, 0.5) is 0 Å². The molecule has 0 saturated heterocycles. The normalized spacial score (nSPS) is 10.1. The summed E-state index contributed by atoms with van der Waals surface area (Å²) < 4.78 is 0.751. The number of hydrogen-bond acceptors (Lipinski definition) is 2. The van der Waals surface area contributed by atoms with Crippen LogP contribution in [0.5, 0.6) is 0 Å². The summed E-state index contributed by atoms with van der Waals surface area (Å²) in [4.78, 5) is 7.94. The molecule has 0 aliphatic carbocycles. The Morgan fingerprint density at radius 3 is 2.82 bits per heavy atom. The Bertz CT molecular complexity index is 232. The van der Waals surface area contributed by atoms with E-state index in [0.29, 0.717) is 5.28 Å². The van der Waals surface area contributed by atoms with Crippen LogP contribution in [-0.2, 0) is 6.42 Å². The molecule has 11 heavy (non-hydrogen) atoms. The summed E-state index contributed by atoms with van der Waals surface area (Å²) in [7, 11) is 0. The van der Waals surface area contributed by atoms with E-state index in [-0.39, 0.29) is 0 Å². The summed E-state index contributed by atoms with van der Waals surface area (Å²) in [5.74, 6) is 0. The molecule has 1 aromatic rings. The van der Waals surface area contributed by atoms with Gasteiger partial charge >= 0.3 is 0 Å². The van der Waals surface area contributed by atoms with Crippen LogP contribution in [0.1, 0.15) is 19.0 Å². The first-order chi connectivity index (χ1) is 5.22. The Labute approximate surface area is 79.1 Å². The maximum atomic E-state index is 5.63. The monoisotopic (exact) mass is 234 g/mol. The Hall–Kier alpha value is -0.150. The van der Waals surface area contributed by atoms with Crippen LogP contribution < -0.4 is 0 Å². The van der Waals surface area contributed by atoms with E-state index >= 15 is 0 Å². The standard InChI is InChI=1S/C7H8BrClN2/c1-2-3-5-4-6(8)11-7(9)10-5/h4H,2-3H2,1H3. The second-order valence-electron chi connectivity index (χ2n) is 2.20. The molecule has 60 valence electrons. The van der Waals surface area contributed by atoms with Crippen molar-refractivity contribution in [3.63, 3.8) is 0 Å². The van der Waals surface area contributed by atoms with E-state index in [0.717, 1.165) is 23.1 Å². The fourth-order valence-electron chi connectivity index (χ4n) is 0.818. The van der Waals surface area contributed by atoms with E-state index in [1.807, 2.05) is 6.07 Å². The van der Waals surface area contributed by atoms with Crippen molar-refractivity contribution >= 4 is 27.5 Å². The van der Waals surface area contributed by atoms with Gasteiger partial charge in [0.05, 0.1) is 0 Å². The van der Waals surface area contributed by atoms with Gasteiger partial charge in [-0.3, -0.25) is 0 Å². The second-order valence-corrected chi connectivity index (χ2v) is 3.35. The Balaban J connectivity index is 2.89. The Morgan fingerprint density at radius 1 is 1.55 bits per heavy atom. The molecule has 1 aromatic heterocycles. The summed E-state index contributed by atoms with van der Waals surface area (Å²) in [5.41, 5.74) is 0.986. The Kier molecular flexibility index (Phi) is 3.27. The zero-order valence-corrected chi connectivity index (χ0v) is 8.48. The van der Waals surface area contributed by atoms with E-state index in [4.69, 9.17) is 11.6 Å². The molecular formula is C7H8BrClN2. The summed E-state index contributed by atoms with van der Waals surface area (Å²) >= 11 is 8.88. The number of nitrogens with zero attached hydrogens (tertiary/aromatic N) is 2. The van der Waals surface area contributed by atoms with Gasteiger partial charge in [-0.2, -0.15) is 0 Å². The maximum absolute atomic E-state index is 5.63. The van der Waals surface area contributed by atoms with Crippen LogP contribution in [0.3, 0.4) is 0 Å². The number of halogens is 2. The van der Waals surface area contributed by atoms with Crippen molar-refractivity contribution in [1.82, 2.24) is 9.97 Å². The summed E-state index contributed by atoms with van der Waals surface area (Å²) in [5, 5.41) is 0.308. The van der Waals surface area contributed by atoms with E-state index in [9.17, 15) is 0 Å². The van der Waals surface area contributed by atoms with E-state index in [1.54, 1.807) is 0 Å². The predicted molar refractivity (Wildman–Crippen MR) is 48.7 cm³/mol. The van der Waals surface area contributed by atoms with Crippen molar-refractivity contribution in [2.45, 2.75) is 19.8 Å². The van der Waals surface area contributed by atoms with Gasteiger partial charge < -0.3 is 0 Å². The number of aryl methyl sites for hydroxylation is 1. The first-order valence-electron chi connectivity index (χ1n) is 3.41. The van der Waals surface area contributed by atoms with Crippen LogP contribution in [0, 0.1) is 0 Å². The summed E-state index contributed by atoms with van der Waals surface area (Å²) in [6, 6.07) is 1.88. The lowest BCUT2D eigenvalue weighted by Gasteiger charge is -1.97. The molecule has 4 heteroatoms. The van der Waals surface area contributed by atoms with Crippen LogP contribution >= 0.6 is 27.5 Å². The number of hydrogen-bond donors (Lipinski definition) is 0. The average Bonchev–Trinajstić information content (AvgIpc) is 1.85. The van der Waals surface area contributed by atoms with Crippen molar-refractivity contribution in [1.29, 1.82) is 0 Å². The predicted octanol–water partition coefficient (Wildman–Crippen LogP) is 2.85. The molecule has 0 aromatic carbocycles. The minimum atomic E-state index is 0.308. The minimum absolute atomic E-state index is 0.308. The lowest BCUT2D eigenvalue weighted by atomic mass is 10.2. The van der Waals surface area contributed by atoms with E-state index in [2.05, 4.69) is 32.8 Å². The molecule has 2 nitrogen and oxygen atoms in total. The SMILES string of the molecule is CCCc1cc(Br)nc(Cl)n1. The first-order valence-corrected chi connectivity index (χ1v) is 4.58. The maximum Gasteiger partial charge on any atom is 0.223 e. The zero-order chi connectivity index (χ0) is 8.27. The summed E-state index contributed by atoms with van der Waals surface area (Å²) in [6.07, 6.45) is 2.01. The minimum Gasteiger partial charge on any atom is -0.223 e. The lowest BCUT2D eigenvalue weighted by Crippen LogP contribution is -1.91. The molecule has 0 aliphatic rings. The van der Waals surface area contributed by atoms with Gasteiger partial charge in [-0.1, -0.05) is 13.3 Å². The van der Waals surface area contributed by atoms with Gasteiger partial charge in [0.15, 0.2) is 0 Å². The van der Waals surface area contributed by atoms with Gasteiger partial charge in [0.1, 0.15) is 4.60 Å². The van der Waals surface area contributed by atoms with Crippen molar-refractivity contribution in [3.8, 4) is 0 Å². The number of aromatic nitrogens is 2. The fourth-order valence-corrected chi connectivity index (χ4v) is 1.55. The largest absolute Gasteiger partial charge is 0.223 e. The molecule has 1 heterocycles. The van der Waals surface area contributed by atoms with Gasteiger partial charge in [0, 0.05) is 5.69 Å². The molecule has 0 saturated carbocycles. The third-order valence-corrected chi connectivity index (χ3v) is 1.80. The quantitative estimate of drug-likeness (QED) is 0.582. The van der Waals surface area contributed by atoms with E-state index in [1.165, 1.54) is 0 Å².